The average molecular weight is 447 g/mol. The molecular formula is C32H34N2. The maximum absolute atomic E-state index is 3.76. The van der Waals surface area contributed by atoms with Crippen LogP contribution in [0.3, 0.4) is 0 Å². The lowest BCUT2D eigenvalue weighted by Gasteiger charge is -2.10. The van der Waals surface area contributed by atoms with Crippen LogP contribution in [0.2, 0.25) is 0 Å². The van der Waals surface area contributed by atoms with E-state index in [0.29, 0.717) is 0 Å². The highest BCUT2D eigenvalue weighted by atomic mass is 15.0. The monoisotopic (exact) mass is 446 g/mol. The van der Waals surface area contributed by atoms with E-state index in [2.05, 4.69) is 97.1 Å². The molecule has 0 saturated carbocycles. The van der Waals surface area contributed by atoms with Crippen molar-refractivity contribution >= 4 is 54.4 Å². The van der Waals surface area contributed by atoms with E-state index >= 15 is 0 Å². The number of para-hydroxylation sites is 1. The molecule has 2 nitrogen and oxygen atoms in total. The molecule has 1 N–H and O–H groups in total. The number of unbranched alkanes of at least 4 members (excludes halogenated alkanes) is 1. The first kappa shape index (κ1) is 21.3. The summed E-state index contributed by atoms with van der Waals surface area (Å²) in [5.41, 5.74) is 6.66. The van der Waals surface area contributed by atoms with Gasteiger partial charge in [-0.3, -0.25) is 0 Å². The maximum atomic E-state index is 3.76. The first-order chi connectivity index (χ1) is 16.7. The van der Waals surface area contributed by atoms with Crippen molar-refractivity contribution in [3.8, 4) is 0 Å². The lowest BCUT2D eigenvalue weighted by molar-refractivity contribution is 0.485. The number of rotatable bonds is 7. The number of nitrogens with one attached hydrogen (secondary N) is 1. The largest absolute Gasteiger partial charge is 0.354 e. The van der Waals surface area contributed by atoms with Crippen LogP contribution in [-0.2, 0) is 13.0 Å². The first-order valence-electron chi connectivity index (χ1n) is 13.1. The molecule has 0 amide bonds. The number of aromatic nitrogens is 2. The fourth-order valence-corrected chi connectivity index (χ4v) is 6.02. The molecule has 2 aromatic heterocycles. The average Bonchev–Trinajstić information content (AvgIpc) is 3.42. The van der Waals surface area contributed by atoms with E-state index in [9.17, 15) is 0 Å². The van der Waals surface area contributed by atoms with E-state index < -0.39 is 0 Å². The van der Waals surface area contributed by atoms with Gasteiger partial charge in [0.2, 0.25) is 0 Å². The Morgan fingerprint density at radius 1 is 0.735 bits per heavy atom. The number of H-pyrrole nitrogens is 1. The molecule has 172 valence electrons. The Kier molecular flexibility index (Phi) is 5.32. The Bertz CT molecular complexity index is 1650. The standard InChI is InChI=1S/C32H34N2/c1-4-21(3)11-6-7-12-22-13-10-15-25-29(22)32-26(33-25)19-17-23-18-20-28-31(30(23)32)24-14-8-9-16-27(24)34(28)5-2/h8-10,13-21,33H,4-7,11-12H2,1-3H3. The third-order valence-corrected chi connectivity index (χ3v) is 8.00. The van der Waals surface area contributed by atoms with E-state index in [1.807, 2.05) is 0 Å². The van der Waals surface area contributed by atoms with E-state index in [4.69, 9.17) is 0 Å². The Morgan fingerprint density at radius 2 is 1.56 bits per heavy atom. The van der Waals surface area contributed by atoms with Crippen molar-refractivity contribution in [1.29, 1.82) is 0 Å². The number of benzene rings is 4. The predicted molar refractivity (Wildman–Crippen MR) is 149 cm³/mol. The molecule has 0 radical (unpaired) electrons. The van der Waals surface area contributed by atoms with Gasteiger partial charge >= 0.3 is 0 Å². The summed E-state index contributed by atoms with van der Waals surface area (Å²) < 4.78 is 2.47. The summed E-state index contributed by atoms with van der Waals surface area (Å²) in [6.07, 6.45) is 6.32. The third kappa shape index (κ3) is 3.23. The minimum atomic E-state index is 0.831. The van der Waals surface area contributed by atoms with Crippen LogP contribution in [-0.4, -0.2) is 9.55 Å². The Labute approximate surface area is 201 Å². The summed E-state index contributed by atoms with van der Waals surface area (Å²) in [6.45, 7) is 7.91. The summed E-state index contributed by atoms with van der Waals surface area (Å²) in [6, 6.07) is 24.9. The number of hydrogen-bond acceptors (Lipinski definition) is 0. The van der Waals surface area contributed by atoms with Crippen LogP contribution < -0.4 is 0 Å². The van der Waals surface area contributed by atoms with Crippen LogP contribution in [0.4, 0.5) is 0 Å². The minimum absolute atomic E-state index is 0.831. The smallest absolute Gasteiger partial charge is 0.0498 e. The van der Waals surface area contributed by atoms with Crippen LogP contribution in [0.1, 0.15) is 52.0 Å². The Morgan fingerprint density at radius 3 is 2.41 bits per heavy atom. The van der Waals surface area contributed by atoms with Gasteiger partial charge < -0.3 is 9.55 Å². The molecule has 2 heterocycles. The second kappa shape index (κ2) is 8.51. The zero-order valence-corrected chi connectivity index (χ0v) is 20.6. The molecule has 0 bridgehead atoms. The second-order valence-corrected chi connectivity index (χ2v) is 10.0. The van der Waals surface area contributed by atoms with Crippen LogP contribution in [0.25, 0.3) is 54.4 Å². The molecule has 0 aliphatic carbocycles. The zero-order valence-electron chi connectivity index (χ0n) is 20.6. The van der Waals surface area contributed by atoms with E-state index in [-0.39, 0.29) is 0 Å². The molecule has 2 heteroatoms. The van der Waals surface area contributed by atoms with Crippen molar-refractivity contribution in [3.05, 3.63) is 72.3 Å². The van der Waals surface area contributed by atoms with Crippen molar-refractivity contribution in [2.75, 3.05) is 0 Å². The van der Waals surface area contributed by atoms with Crippen molar-refractivity contribution in [1.82, 2.24) is 9.55 Å². The summed E-state index contributed by atoms with van der Waals surface area (Å²) in [4.78, 5) is 3.76. The SMILES string of the molecule is CCC(C)CCCCc1cccc2[nH]c3ccc4ccc5c(c6ccccc6n5CC)c4c3c12. The summed E-state index contributed by atoms with van der Waals surface area (Å²) in [5.74, 6) is 0.831. The van der Waals surface area contributed by atoms with Gasteiger partial charge in [0.1, 0.15) is 0 Å². The molecule has 34 heavy (non-hydrogen) atoms. The van der Waals surface area contributed by atoms with Gasteiger partial charge in [0, 0.05) is 55.5 Å². The summed E-state index contributed by atoms with van der Waals surface area (Å²) in [7, 11) is 0. The van der Waals surface area contributed by atoms with Gasteiger partial charge in [0.05, 0.1) is 0 Å². The summed E-state index contributed by atoms with van der Waals surface area (Å²) >= 11 is 0. The van der Waals surface area contributed by atoms with Gasteiger partial charge in [0.15, 0.2) is 0 Å². The molecule has 1 atom stereocenters. The Balaban J connectivity index is 1.64. The number of fused-ring (bicyclic) bond motifs is 9. The van der Waals surface area contributed by atoms with Crippen molar-refractivity contribution in [2.24, 2.45) is 5.92 Å². The van der Waals surface area contributed by atoms with E-state index in [1.54, 1.807) is 0 Å². The molecule has 1 unspecified atom stereocenters. The van der Waals surface area contributed by atoms with Crippen molar-refractivity contribution < 1.29 is 0 Å². The zero-order chi connectivity index (χ0) is 23.2. The molecule has 6 aromatic rings. The molecule has 6 rings (SSSR count). The van der Waals surface area contributed by atoms with Crippen LogP contribution >= 0.6 is 0 Å². The fourth-order valence-electron chi connectivity index (χ4n) is 6.02. The van der Waals surface area contributed by atoms with Crippen LogP contribution in [0.15, 0.2) is 66.7 Å². The van der Waals surface area contributed by atoms with Gasteiger partial charge in [-0.15, -0.1) is 0 Å². The lowest BCUT2D eigenvalue weighted by Crippen LogP contribution is -1.94. The number of aromatic amines is 1. The number of aryl methyl sites for hydroxylation is 2. The minimum Gasteiger partial charge on any atom is -0.354 e. The van der Waals surface area contributed by atoms with E-state index in [1.165, 1.54) is 85.6 Å². The normalized spacial score (nSPS) is 13.1. The van der Waals surface area contributed by atoms with Gasteiger partial charge in [-0.1, -0.05) is 75.6 Å². The molecule has 4 aromatic carbocycles. The van der Waals surface area contributed by atoms with Crippen molar-refractivity contribution in [3.63, 3.8) is 0 Å². The van der Waals surface area contributed by atoms with E-state index in [0.717, 1.165) is 18.9 Å². The first-order valence-corrected chi connectivity index (χ1v) is 13.1. The van der Waals surface area contributed by atoms with Crippen LogP contribution in [0.5, 0.6) is 0 Å². The molecule has 0 saturated heterocycles. The predicted octanol–water partition coefficient (Wildman–Crippen LogP) is 9.36. The Hall–Kier alpha value is -3.26. The lowest BCUT2D eigenvalue weighted by atomic mass is 9.94. The van der Waals surface area contributed by atoms with Gasteiger partial charge in [-0.25, -0.2) is 0 Å². The van der Waals surface area contributed by atoms with Gasteiger partial charge in [-0.2, -0.15) is 0 Å². The molecular weight excluding hydrogens is 412 g/mol. The highest BCUT2D eigenvalue weighted by molar-refractivity contribution is 6.32. The summed E-state index contributed by atoms with van der Waals surface area (Å²) in [5, 5.41) is 8.30. The maximum Gasteiger partial charge on any atom is 0.0498 e. The molecule has 0 fully saturated rings. The van der Waals surface area contributed by atoms with Crippen molar-refractivity contribution in [2.45, 2.75) is 59.4 Å². The molecule has 0 spiro atoms. The highest BCUT2D eigenvalue weighted by Crippen LogP contribution is 2.41. The second-order valence-electron chi connectivity index (χ2n) is 10.0. The number of hydrogen-bond donors (Lipinski definition) is 1. The highest BCUT2D eigenvalue weighted by Gasteiger charge is 2.17. The van der Waals surface area contributed by atoms with Crippen LogP contribution in [0, 0.1) is 5.92 Å². The third-order valence-electron chi connectivity index (χ3n) is 8.00. The quantitative estimate of drug-likeness (QED) is 0.236. The molecule has 0 aliphatic rings. The van der Waals surface area contributed by atoms with Gasteiger partial charge in [0.25, 0.3) is 0 Å². The number of nitrogens with zero attached hydrogens (tertiary/aromatic N) is 1. The fraction of sp³-hybridized carbons (Fsp3) is 0.312. The van der Waals surface area contributed by atoms with Gasteiger partial charge in [-0.05, 0) is 60.9 Å². The topological polar surface area (TPSA) is 20.7 Å². The molecule has 0 aliphatic heterocycles.